The van der Waals surface area contributed by atoms with Crippen molar-refractivity contribution in [1.29, 1.82) is 0 Å². The quantitative estimate of drug-likeness (QED) is 0.712. The van der Waals surface area contributed by atoms with Gasteiger partial charge in [-0.25, -0.2) is 18.4 Å². The van der Waals surface area contributed by atoms with Crippen LogP contribution in [-0.2, 0) is 10.0 Å². The third-order valence-corrected chi connectivity index (χ3v) is 5.19. The van der Waals surface area contributed by atoms with Crippen LogP contribution < -0.4 is 5.14 Å². The molecule has 3 rings (SSSR count). The Hall–Kier alpha value is -2.61. The van der Waals surface area contributed by atoms with Crippen LogP contribution in [0.25, 0.3) is 16.9 Å². The van der Waals surface area contributed by atoms with Gasteiger partial charge in [-0.1, -0.05) is 23.7 Å². The van der Waals surface area contributed by atoms with Gasteiger partial charge in [0.2, 0.25) is 10.0 Å². The van der Waals surface area contributed by atoms with Crippen molar-refractivity contribution in [3.05, 3.63) is 70.9 Å². The molecule has 8 heteroatoms. The Morgan fingerprint density at radius 1 is 1.12 bits per heavy atom. The van der Waals surface area contributed by atoms with Gasteiger partial charge < -0.3 is 9.67 Å². The number of carboxylic acid groups (broad SMARTS) is 1. The lowest BCUT2D eigenvalue weighted by atomic mass is 10.1. The van der Waals surface area contributed by atoms with Gasteiger partial charge in [-0.05, 0) is 55.0 Å². The number of carbonyl (C=O) groups is 1. The predicted octanol–water partition coefficient (Wildman–Crippen LogP) is 3.45. The standard InChI is InChI=1S/C18H15ClN2O4S/c1-11-16(18(22)23)10-17(12-3-2-4-13(19)9-12)21(11)14-5-7-15(8-6-14)26(20,24)25/h2-10H,1H3,(H,22,23)(H2,20,24,25). The number of benzene rings is 2. The predicted molar refractivity (Wildman–Crippen MR) is 99.3 cm³/mol. The third-order valence-electron chi connectivity index (χ3n) is 4.02. The monoisotopic (exact) mass is 390 g/mol. The molecule has 0 radical (unpaired) electrons. The van der Waals surface area contributed by atoms with E-state index in [2.05, 4.69) is 0 Å². The van der Waals surface area contributed by atoms with Crippen molar-refractivity contribution in [3.63, 3.8) is 0 Å². The molecule has 0 saturated carbocycles. The van der Waals surface area contributed by atoms with Crippen LogP contribution in [-0.4, -0.2) is 24.1 Å². The van der Waals surface area contributed by atoms with Gasteiger partial charge in [0, 0.05) is 16.4 Å². The van der Waals surface area contributed by atoms with Crippen LogP contribution in [0.1, 0.15) is 16.1 Å². The second-order valence-corrected chi connectivity index (χ2v) is 7.72. The van der Waals surface area contributed by atoms with Crippen LogP contribution in [0.15, 0.2) is 59.5 Å². The number of rotatable bonds is 4. The molecule has 26 heavy (non-hydrogen) atoms. The van der Waals surface area contributed by atoms with E-state index in [-0.39, 0.29) is 10.5 Å². The van der Waals surface area contributed by atoms with E-state index in [9.17, 15) is 18.3 Å². The van der Waals surface area contributed by atoms with Crippen LogP contribution in [0.4, 0.5) is 0 Å². The van der Waals surface area contributed by atoms with Crippen molar-refractivity contribution < 1.29 is 18.3 Å². The Labute approximate surface area is 155 Å². The first-order valence-electron chi connectivity index (χ1n) is 7.53. The molecule has 2 aromatic carbocycles. The van der Waals surface area contributed by atoms with Crippen LogP contribution in [0.3, 0.4) is 0 Å². The third kappa shape index (κ3) is 3.37. The second kappa shape index (κ2) is 6.60. The number of halogens is 1. The number of hydrogen-bond acceptors (Lipinski definition) is 3. The zero-order valence-corrected chi connectivity index (χ0v) is 15.3. The lowest BCUT2D eigenvalue weighted by molar-refractivity contribution is 0.0696. The lowest BCUT2D eigenvalue weighted by Crippen LogP contribution is -2.12. The van der Waals surface area contributed by atoms with E-state index in [0.29, 0.717) is 22.1 Å². The van der Waals surface area contributed by atoms with Gasteiger partial charge >= 0.3 is 5.97 Å². The van der Waals surface area contributed by atoms with Crippen LogP contribution in [0.5, 0.6) is 0 Å². The maximum absolute atomic E-state index is 11.6. The van der Waals surface area contributed by atoms with Crippen LogP contribution in [0.2, 0.25) is 5.02 Å². The van der Waals surface area contributed by atoms with Crippen molar-refractivity contribution in [2.45, 2.75) is 11.8 Å². The number of aromatic nitrogens is 1. The molecule has 0 bridgehead atoms. The highest BCUT2D eigenvalue weighted by Gasteiger charge is 2.19. The van der Waals surface area contributed by atoms with Gasteiger partial charge in [0.1, 0.15) is 0 Å². The number of primary sulfonamides is 1. The normalized spacial score (nSPS) is 11.5. The molecular weight excluding hydrogens is 376 g/mol. The second-order valence-electron chi connectivity index (χ2n) is 5.72. The van der Waals surface area contributed by atoms with E-state index in [0.717, 1.165) is 5.56 Å². The Balaban J connectivity index is 2.24. The first-order valence-corrected chi connectivity index (χ1v) is 9.46. The van der Waals surface area contributed by atoms with Gasteiger partial charge in [-0.3, -0.25) is 0 Å². The molecule has 0 amide bonds. The molecule has 0 saturated heterocycles. The highest BCUT2D eigenvalue weighted by Crippen LogP contribution is 2.31. The van der Waals surface area contributed by atoms with Gasteiger partial charge in [0.25, 0.3) is 0 Å². The van der Waals surface area contributed by atoms with Crippen molar-refractivity contribution >= 4 is 27.6 Å². The zero-order chi connectivity index (χ0) is 19.1. The first-order chi connectivity index (χ1) is 12.2. The SMILES string of the molecule is Cc1c(C(=O)O)cc(-c2cccc(Cl)c2)n1-c1ccc(S(N)(=O)=O)cc1. The molecule has 0 spiro atoms. The summed E-state index contributed by atoms with van der Waals surface area (Å²) in [4.78, 5) is 11.5. The Kier molecular flexibility index (Phi) is 4.62. The molecule has 0 atom stereocenters. The topological polar surface area (TPSA) is 102 Å². The molecule has 3 aromatic rings. The highest BCUT2D eigenvalue weighted by molar-refractivity contribution is 7.89. The van der Waals surface area contributed by atoms with E-state index in [4.69, 9.17) is 16.7 Å². The molecule has 0 aliphatic carbocycles. The fraction of sp³-hybridized carbons (Fsp3) is 0.0556. The number of carboxylic acids is 1. The van der Waals surface area contributed by atoms with E-state index in [1.807, 2.05) is 6.07 Å². The minimum atomic E-state index is -3.81. The number of aromatic carboxylic acids is 1. The van der Waals surface area contributed by atoms with Crippen molar-refractivity contribution in [2.24, 2.45) is 5.14 Å². The number of hydrogen-bond donors (Lipinski definition) is 2. The minimum Gasteiger partial charge on any atom is -0.478 e. The maximum atomic E-state index is 11.6. The molecule has 0 aliphatic rings. The molecule has 0 fully saturated rings. The van der Waals surface area contributed by atoms with Crippen LogP contribution in [0, 0.1) is 6.92 Å². The number of sulfonamides is 1. The van der Waals surface area contributed by atoms with E-state index >= 15 is 0 Å². The average Bonchev–Trinajstić information content (AvgIpc) is 2.92. The Morgan fingerprint density at radius 2 is 1.77 bits per heavy atom. The van der Waals surface area contributed by atoms with E-state index < -0.39 is 16.0 Å². The molecule has 134 valence electrons. The summed E-state index contributed by atoms with van der Waals surface area (Å²) >= 11 is 6.07. The maximum Gasteiger partial charge on any atom is 0.337 e. The fourth-order valence-corrected chi connectivity index (χ4v) is 3.51. The zero-order valence-electron chi connectivity index (χ0n) is 13.7. The lowest BCUT2D eigenvalue weighted by Gasteiger charge is -2.13. The number of nitrogens with zero attached hydrogens (tertiary/aromatic N) is 1. The number of nitrogens with two attached hydrogens (primary N) is 1. The van der Waals surface area contributed by atoms with E-state index in [1.165, 1.54) is 12.1 Å². The summed E-state index contributed by atoms with van der Waals surface area (Å²) in [5.74, 6) is -1.05. The molecule has 3 N–H and O–H groups in total. The molecule has 1 heterocycles. The Morgan fingerprint density at radius 3 is 2.31 bits per heavy atom. The highest BCUT2D eigenvalue weighted by atomic mass is 35.5. The van der Waals surface area contributed by atoms with Gasteiger partial charge in [0.15, 0.2) is 0 Å². The Bertz CT molecular complexity index is 1100. The molecule has 1 aromatic heterocycles. The molecule has 6 nitrogen and oxygen atoms in total. The average molecular weight is 391 g/mol. The molecular formula is C18H15ClN2O4S. The minimum absolute atomic E-state index is 0.0196. The largest absolute Gasteiger partial charge is 0.478 e. The van der Waals surface area contributed by atoms with E-state index in [1.54, 1.807) is 47.9 Å². The summed E-state index contributed by atoms with van der Waals surface area (Å²) in [6.07, 6.45) is 0. The summed E-state index contributed by atoms with van der Waals surface area (Å²) < 4.78 is 24.6. The van der Waals surface area contributed by atoms with Crippen molar-refractivity contribution in [2.75, 3.05) is 0 Å². The summed E-state index contributed by atoms with van der Waals surface area (Å²) in [5, 5.41) is 15.1. The fourth-order valence-electron chi connectivity index (χ4n) is 2.80. The molecule has 0 aliphatic heterocycles. The van der Waals surface area contributed by atoms with Gasteiger partial charge in [-0.2, -0.15) is 0 Å². The van der Waals surface area contributed by atoms with Crippen molar-refractivity contribution in [3.8, 4) is 16.9 Å². The summed E-state index contributed by atoms with van der Waals surface area (Å²) in [5.41, 5.74) is 2.64. The summed E-state index contributed by atoms with van der Waals surface area (Å²) in [6, 6.07) is 14.5. The summed E-state index contributed by atoms with van der Waals surface area (Å²) in [7, 11) is -3.81. The summed E-state index contributed by atoms with van der Waals surface area (Å²) in [6.45, 7) is 1.69. The molecule has 0 unspecified atom stereocenters. The van der Waals surface area contributed by atoms with Crippen LogP contribution >= 0.6 is 11.6 Å². The smallest absolute Gasteiger partial charge is 0.337 e. The van der Waals surface area contributed by atoms with Crippen molar-refractivity contribution in [1.82, 2.24) is 4.57 Å². The van der Waals surface area contributed by atoms with Gasteiger partial charge in [0.05, 0.1) is 16.2 Å². The van der Waals surface area contributed by atoms with Gasteiger partial charge in [-0.15, -0.1) is 0 Å². The first kappa shape index (κ1) is 18.2.